The number of thiocarbonyl (C=S) groups is 1. The largest absolute Gasteiger partial charge is 0.550 e. The number of ether oxygens (including phenoxy) is 1. The van der Waals surface area contributed by atoms with Crippen LogP contribution in [0.5, 0.6) is 5.75 Å². The summed E-state index contributed by atoms with van der Waals surface area (Å²) in [6.07, 6.45) is 4.02. The van der Waals surface area contributed by atoms with Gasteiger partial charge < -0.3 is 14.6 Å². The second-order valence-electron chi connectivity index (χ2n) is 5.55. The molecular formula is C18H20NO4S2-. The van der Waals surface area contributed by atoms with Gasteiger partial charge in [-0.3, -0.25) is 9.69 Å². The lowest BCUT2D eigenvalue weighted by Crippen LogP contribution is -2.30. The fourth-order valence-corrected chi connectivity index (χ4v) is 3.57. The average Bonchev–Trinajstić information content (AvgIpc) is 2.84. The quantitative estimate of drug-likeness (QED) is 0.374. The molecule has 7 heteroatoms. The van der Waals surface area contributed by atoms with Gasteiger partial charge in [-0.15, -0.1) is 0 Å². The molecule has 2 rings (SSSR count). The molecule has 0 spiro atoms. The Balaban J connectivity index is 2.09. The summed E-state index contributed by atoms with van der Waals surface area (Å²) >= 11 is 6.46. The van der Waals surface area contributed by atoms with Gasteiger partial charge in [-0.25, -0.2) is 0 Å². The van der Waals surface area contributed by atoms with Gasteiger partial charge in [0.25, 0.3) is 5.91 Å². The van der Waals surface area contributed by atoms with E-state index in [1.165, 1.54) is 16.7 Å². The normalized spacial score (nSPS) is 15.9. The number of para-hydroxylation sites is 1. The number of rotatable bonds is 9. The highest BCUT2D eigenvalue weighted by Gasteiger charge is 2.31. The Morgan fingerprint density at radius 1 is 1.36 bits per heavy atom. The topological polar surface area (TPSA) is 69.7 Å². The van der Waals surface area contributed by atoms with Crippen LogP contribution in [0.25, 0.3) is 6.08 Å². The first-order valence-electron chi connectivity index (χ1n) is 8.20. The Labute approximate surface area is 157 Å². The standard InChI is InChI=1S/C18H21NO4S2/c1-2-3-11-23-14-8-5-4-7-13(14)12-15-17(22)19(18(24)25-15)10-6-9-16(20)21/h4-5,7-8,12H,2-3,6,9-11H2,1H3,(H,20,21)/p-1. The van der Waals surface area contributed by atoms with Gasteiger partial charge in [0.15, 0.2) is 0 Å². The van der Waals surface area contributed by atoms with Crippen LogP contribution >= 0.6 is 24.0 Å². The zero-order valence-corrected chi connectivity index (χ0v) is 15.7. The molecular weight excluding hydrogens is 358 g/mol. The molecule has 0 bridgehead atoms. The van der Waals surface area contributed by atoms with E-state index in [0.29, 0.717) is 22.3 Å². The first-order valence-corrected chi connectivity index (χ1v) is 9.42. The Bertz CT molecular complexity index is 687. The summed E-state index contributed by atoms with van der Waals surface area (Å²) in [5, 5.41) is 10.5. The highest BCUT2D eigenvalue weighted by atomic mass is 32.2. The Morgan fingerprint density at radius 2 is 2.12 bits per heavy atom. The molecule has 0 aliphatic carbocycles. The fraction of sp³-hybridized carbons (Fsp3) is 0.389. The van der Waals surface area contributed by atoms with E-state index in [4.69, 9.17) is 17.0 Å². The molecule has 1 amide bonds. The molecule has 5 nitrogen and oxygen atoms in total. The highest BCUT2D eigenvalue weighted by Crippen LogP contribution is 2.34. The number of carbonyl (C=O) groups is 2. The van der Waals surface area contributed by atoms with Gasteiger partial charge >= 0.3 is 0 Å². The predicted octanol–water partition coefficient (Wildman–Crippen LogP) is 2.60. The molecule has 1 aliphatic heterocycles. The number of amides is 1. The first kappa shape index (κ1) is 19.5. The SMILES string of the molecule is CCCCOc1ccccc1C=C1SC(=S)N(CCCC(=O)[O-])C1=O. The summed E-state index contributed by atoms with van der Waals surface area (Å²) in [7, 11) is 0. The number of unbranched alkanes of at least 4 members (excludes halogenated alkanes) is 1. The molecule has 1 aromatic carbocycles. The Hall–Kier alpha value is -1.86. The smallest absolute Gasteiger partial charge is 0.266 e. The molecule has 0 atom stereocenters. The Morgan fingerprint density at radius 3 is 2.84 bits per heavy atom. The molecule has 0 N–H and O–H groups in total. The van der Waals surface area contributed by atoms with E-state index in [-0.39, 0.29) is 18.9 Å². The van der Waals surface area contributed by atoms with Crippen LogP contribution in [0.15, 0.2) is 29.2 Å². The van der Waals surface area contributed by atoms with Crippen molar-refractivity contribution >= 4 is 46.3 Å². The second kappa shape index (κ2) is 9.58. The van der Waals surface area contributed by atoms with Gasteiger partial charge in [0.1, 0.15) is 10.1 Å². The predicted molar refractivity (Wildman–Crippen MR) is 101 cm³/mol. The number of hydrogen-bond acceptors (Lipinski definition) is 6. The number of carboxylic acid groups (broad SMARTS) is 1. The fourth-order valence-electron chi connectivity index (χ4n) is 2.27. The number of aliphatic carboxylic acids is 1. The van der Waals surface area contributed by atoms with E-state index in [1.54, 1.807) is 6.08 Å². The lowest BCUT2D eigenvalue weighted by Gasteiger charge is -2.14. The Kier molecular flexibility index (Phi) is 7.46. The molecule has 1 saturated heterocycles. The van der Waals surface area contributed by atoms with Crippen molar-refractivity contribution in [1.82, 2.24) is 4.90 Å². The number of carbonyl (C=O) groups excluding carboxylic acids is 2. The maximum Gasteiger partial charge on any atom is 0.266 e. The van der Waals surface area contributed by atoms with E-state index in [1.807, 2.05) is 24.3 Å². The van der Waals surface area contributed by atoms with Gasteiger partial charge in [-0.05, 0) is 31.4 Å². The van der Waals surface area contributed by atoms with Crippen molar-refractivity contribution in [2.24, 2.45) is 0 Å². The summed E-state index contributed by atoms with van der Waals surface area (Å²) in [5.74, 6) is -0.589. The number of thioether (sulfide) groups is 1. The van der Waals surface area contributed by atoms with Crippen LogP contribution in [0.1, 0.15) is 38.2 Å². The van der Waals surface area contributed by atoms with E-state index in [0.717, 1.165) is 24.2 Å². The number of nitrogens with zero attached hydrogens (tertiary/aromatic N) is 1. The summed E-state index contributed by atoms with van der Waals surface area (Å²) in [6, 6.07) is 7.55. The van der Waals surface area contributed by atoms with Crippen LogP contribution in [0.3, 0.4) is 0 Å². The summed E-state index contributed by atoms with van der Waals surface area (Å²) in [4.78, 5) is 25.0. The van der Waals surface area contributed by atoms with E-state index in [9.17, 15) is 14.7 Å². The molecule has 0 unspecified atom stereocenters. The van der Waals surface area contributed by atoms with Crippen LogP contribution in [-0.4, -0.2) is 34.2 Å². The highest BCUT2D eigenvalue weighted by molar-refractivity contribution is 8.26. The van der Waals surface area contributed by atoms with E-state index >= 15 is 0 Å². The molecule has 0 radical (unpaired) electrons. The third-order valence-corrected chi connectivity index (χ3v) is 4.98. The van der Waals surface area contributed by atoms with Gasteiger partial charge in [0.05, 0.1) is 11.5 Å². The number of hydrogen-bond donors (Lipinski definition) is 0. The molecule has 25 heavy (non-hydrogen) atoms. The molecule has 0 saturated carbocycles. The summed E-state index contributed by atoms with van der Waals surface area (Å²) < 4.78 is 6.23. The minimum atomic E-state index is -1.13. The van der Waals surface area contributed by atoms with Gasteiger partial charge in [0.2, 0.25) is 0 Å². The maximum absolute atomic E-state index is 12.5. The van der Waals surface area contributed by atoms with Crippen molar-refractivity contribution in [3.8, 4) is 5.75 Å². The van der Waals surface area contributed by atoms with Crippen LogP contribution in [0.4, 0.5) is 0 Å². The lowest BCUT2D eigenvalue weighted by atomic mass is 10.2. The third kappa shape index (κ3) is 5.57. The van der Waals surface area contributed by atoms with Crippen LogP contribution < -0.4 is 9.84 Å². The third-order valence-electron chi connectivity index (χ3n) is 3.60. The van der Waals surface area contributed by atoms with E-state index in [2.05, 4.69) is 6.92 Å². The zero-order valence-electron chi connectivity index (χ0n) is 14.0. The number of benzene rings is 1. The van der Waals surface area contributed by atoms with Crippen molar-refractivity contribution < 1.29 is 19.4 Å². The molecule has 134 valence electrons. The van der Waals surface area contributed by atoms with Gasteiger partial charge in [-0.1, -0.05) is 55.5 Å². The summed E-state index contributed by atoms with van der Waals surface area (Å²) in [5.41, 5.74) is 0.828. The minimum absolute atomic E-state index is 0.0930. The van der Waals surface area contributed by atoms with Crippen LogP contribution in [0, 0.1) is 0 Å². The zero-order chi connectivity index (χ0) is 18.2. The van der Waals surface area contributed by atoms with Crippen LogP contribution in [-0.2, 0) is 9.59 Å². The molecule has 0 aromatic heterocycles. The first-order chi connectivity index (χ1) is 12.0. The maximum atomic E-state index is 12.5. The monoisotopic (exact) mass is 378 g/mol. The van der Waals surface area contributed by atoms with Crippen molar-refractivity contribution in [3.05, 3.63) is 34.7 Å². The van der Waals surface area contributed by atoms with Gasteiger partial charge in [-0.2, -0.15) is 0 Å². The molecule has 1 aromatic rings. The van der Waals surface area contributed by atoms with Crippen molar-refractivity contribution in [3.63, 3.8) is 0 Å². The van der Waals surface area contributed by atoms with Crippen LogP contribution in [0.2, 0.25) is 0 Å². The average molecular weight is 378 g/mol. The van der Waals surface area contributed by atoms with Gasteiger partial charge in [0, 0.05) is 18.1 Å². The summed E-state index contributed by atoms with van der Waals surface area (Å²) in [6.45, 7) is 3.01. The molecule has 1 aliphatic rings. The van der Waals surface area contributed by atoms with Crippen molar-refractivity contribution in [2.75, 3.05) is 13.2 Å². The lowest BCUT2D eigenvalue weighted by molar-refractivity contribution is -0.305. The van der Waals surface area contributed by atoms with E-state index < -0.39 is 5.97 Å². The van der Waals surface area contributed by atoms with Crippen molar-refractivity contribution in [2.45, 2.75) is 32.6 Å². The second-order valence-corrected chi connectivity index (χ2v) is 7.22. The minimum Gasteiger partial charge on any atom is -0.550 e. The number of carboxylic acids is 1. The molecule has 1 heterocycles. The van der Waals surface area contributed by atoms with Crippen molar-refractivity contribution in [1.29, 1.82) is 0 Å². The molecule has 1 fully saturated rings.